The van der Waals surface area contributed by atoms with E-state index in [4.69, 9.17) is 9.15 Å². The Balaban J connectivity index is 1.72. The number of ether oxygens (including phenoxy) is 1. The molecule has 8 heteroatoms. The molecule has 0 aliphatic heterocycles. The zero-order valence-corrected chi connectivity index (χ0v) is 15.8. The van der Waals surface area contributed by atoms with Crippen LogP contribution in [-0.4, -0.2) is 28.2 Å². The summed E-state index contributed by atoms with van der Waals surface area (Å²) in [5.41, 5.74) is 0.944. The van der Waals surface area contributed by atoms with Gasteiger partial charge in [-0.2, -0.15) is 5.10 Å². The third kappa shape index (κ3) is 4.59. The summed E-state index contributed by atoms with van der Waals surface area (Å²) in [4.78, 5) is 25.1. The molecule has 146 valence electrons. The first kappa shape index (κ1) is 19.2. The molecule has 0 radical (unpaired) electrons. The Bertz CT molecular complexity index is 930. The van der Waals surface area contributed by atoms with E-state index in [-0.39, 0.29) is 18.1 Å². The number of aromatic nitrogens is 2. The molecule has 0 spiro atoms. The summed E-state index contributed by atoms with van der Waals surface area (Å²) in [6, 6.07) is 10.3. The summed E-state index contributed by atoms with van der Waals surface area (Å²) in [7, 11) is 0. The van der Waals surface area contributed by atoms with Crippen LogP contribution in [0.25, 0.3) is 0 Å². The predicted molar refractivity (Wildman–Crippen MR) is 103 cm³/mol. The molecule has 3 aromatic rings. The Morgan fingerprint density at radius 3 is 2.57 bits per heavy atom. The lowest BCUT2D eigenvalue weighted by Crippen LogP contribution is -2.25. The highest BCUT2D eigenvalue weighted by molar-refractivity contribution is 6.08. The molecule has 0 aliphatic rings. The Kier molecular flexibility index (Phi) is 6.11. The van der Waals surface area contributed by atoms with Crippen molar-refractivity contribution in [2.45, 2.75) is 26.9 Å². The van der Waals surface area contributed by atoms with Gasteiger partial charge < -0.3 is 19.8 Å². The smallest absolute Gasteiger partial charge is 0.274 e. The molecule has 0 aliphatic carbocycles. The van der Waals surface area contributed by atoms with Gasteiger partial charge in [0.1, 0.15) is 11.5 Å². The van der Waals surface area contributed by atoms with Gasteiger partial charge in [0.05, 0.1) is 25.1 Å². The maximum absolute atomic E-state index is 12.6. The van der Waals surface area contributed by atoms with E-state index in [2.05, 4.69) is 15.7 Å². The van der Waals surface area contributed by atoms with Crippen LogP contribution in [0.1, 0.15) is 40.5 Å². The second kappa shape index (κ2) is 8.90. The highest BCUT2D eigenvalue weighted by Crippen LogP contribution is 2.17. The average Bonchev–Trinajstić information content (AvgIpc) is 3.36. The predicted octanol–water partition coefficient (Wildman–Crippen LogP) is 3.08. The van der Waals surface area contributed by atoms with Crippen LogP contribution in [0.15, 0.2) is 53.3 Å². The molecule has 28 heavy (non-hydrogen) atoms. The van der Waals surface area contributed by atoms with Crippen LogP contribution in [-0.2, 0) is 13.1 Å². The number of nitrogens with one attached hydrogen (secondary N) is 2. The number of aryl methyl sites for hydroxylation is 1. The number of carbonyl (C=O) groups is 2. The van der Waals surface area contributed by atoms with Crippen molar-refractivity contribution in [1.82, 2.24) is 15.1 Å². The molecular weight excluding hydrogens is 360 g/mol. The van der Waals surface area contributed by atoms with Gasteiger partial charge in [-0.25, -0.2) is 0 Å². The van der Waals surface area contributed by atoms with E-state index in [9.17, 15) is 9.59 Å². The fraction of sp³-hybridized carbons (Fsp3) is 0.250. The fourth-order valence-electron chi connectivity index (χ4n) is 2.57. The van der Waals surface area contributed by atoms with Gasteiger partial charge in [-0.15, -0.1) is 0 Å². The highest BCUT2D eigenvalue weighted by atomic mass is 16.5. The number of rotatable bonds is 8. The number of benzene rings is 1. The lowest BCUT2D eigenvalue weighted by atomic mass is 10.2. The molecule has 0 bridgehead atoms. The Morgan fingerprint density at radius 1 is 1.14 bits per heavy atom. The van der Waals surface area contributed by atoms with Gasteiger partial charge in [0.25, 0.3) is 11.8 Å². The minimum atomic E-state index is -0.398. The van der Waals surface area contributed by atoms with Crippen LogP contribution in [0, 0.1) is 0 Å². The summed E-state index contributed by atoms with van der Waals surface area (Å²) in [5, 5.41) is 9.75. The largest absolute Gasteiger partial charge is 0.494 e. The van der Waals surface area contributed by atoms with Gasteiger partial charge in [0.2, 0.25) is 0 Å². The molecule has 3 rings (SSSR count). The van der Waals surface area contributed by atoms with Gasteiger partial charge in [0.15, 0.2) is 5.69 Å². The van der Waals surface area contributed by atoms with Crippen molar-refractivity contribution in [3.05, 3.63) is 65.9 Å². The van der Waals surface area contributed by atoms with Crippen molar-refractivity contribution < 1.29 is 18.7 Å². The molecule has 0 saturated heterocycles. The first-order valence-electron chi connectivity index (χ1n) is 9.03. The molecule has 2 N–H and O–H groups in total. The average molecular weight is 382 g/mol. The Hall–Kier alpha value is -3.55. The second-order valence-corrected chi connectivity index (χ2v) is 5.92. The molecule has 0 unspecified atom stereocenters. The standard InChI is InChI=1S/C20H22N4O4/c1-3-24-13-17(18(23-24)20(26)21-12-16-6-5-11-28-16)22-19(25)14-7-9-15(10-8-14)27-4-2/h5-11,13H,3-4,12H2,1-2H3,(H,21,26)(H,22,25). The summed E-state index contributed by atoms with van der Waals surface area (Å²) in [6.45, 7) is 5.15. The molecule has 0 fully saturated rings. The fourth-order valence-corrected chi connectivity index (χ4v) is 2.57. The Morgan fingerprint density at radius 2 is 1.93 bits per heavy atom. The number of hydrogen-bond acceptors (Lipinski definition) is 5. The van der Waals surface area contributed by atoms with Crippen molar-refractivity contribution in [3.8, 4) is 5.75 Å². The number of nitrogens with zero attached hydrogens (tertiary/aromatic N) is 2. The maximum atomic E-state index is 12.6. The SMILES string of the molecule is CCOc1ccc(C(=O)Nc2cn(CC)nc2C(=O)NCc2ccco2)cc1. The van der Waals surface area contributed by atoms with Crippen LogP contribution in [0.2, 0.25) is 0 Å². The van der Waals surface area contributed by atoms with Gasteiger partial charge in [0, 0.05) is 18.3 Å². The molecule has 1 aromatic carbocycles. The van der Waals surface area contributed by atoms with Crippen molar-refractivity contribution in [3.63, 3.8) is 0 Å². The van der Waals surface area contributed by atoms with Gasteiger partial charge in [-0.05, 0) is 50.2 Å². The van der Waals surface area contributed by atoms with E-state index in [1.165, 1.54) is 6.26 Å². The summed E-state index contributed by atoms with van der Waals surface area (Å²) in [6.07, 6.45) is 3.17. The van der Waals surface area contributed by atoms with Crippen molar-refractivity contribution in [2.75, 3.05) is 11.9 Å². The van der Waals surface area contributed by atoms with Gasteiger partial charge >= 0.3 is 0 Å². The molecule has 2 aromatic heterocycles. The van der Waals surface area contributed by atoms with E-state index in [1.54, 1.807) is 47.3 Å². The first-order chi connectivity index (χ1) is 13.6. The van der Waals surface area contributed by atoms with Crippen molar-refractivity contribution >= 4 is 17.5 Å². The minimum absolute atomic E-state index is 0.146. The third-order valence-electron chi connectivity index (χ3n) is 3.98. The molecule has 2 amide bonds. The zero-order valence-electron chi connectivity index (χ0n) is 15.8. The second-order valence-electron chi connectivity index (χ2n) is 5.92. The number of furan rings is 1. The Labute approximate surface area is 162 Å². The van der Waals surface area contributed by atoms with E-state index in [1.807, 2.05) is 13.8 Å². The first-order valence-corrected chi connectivity index (χ1v) is 9.03. The number of anilines is 1. The summed E-state index contributed by atoms with van der Waals surface area (Å²) < 4.78 is 12.2. The third-order valence-corrected chi connectivity index (χ3v) is 3.98. The van der Waals surface area contributed by atoms with Crippen LogP contribution in [0.5, 0.6) is 5.75 Å². The monoisotopic (exact) mass is 382 g/mol. The maximum Gasteiger partial charge on any atom is 0.274 e. The highest BCUT2D eigenvalue weighted by Gasteiger charge is 2.19. The zero-order chi connectivity index (χ0) is 19.9. The lowest BCUT2D eigenvalue weighted by molar-refractivity contribution is 0.0943. The quantitative estimate of drug-likeness (QED) is 0.624. The molecule has 8 nitrogen and oxygen atoms in total. The number of amides is 2. The van der Waals surface area contributed by atoms with E-state index in [0.29, 0.717) is 35.9 Å². The van der Waals surface area contributed by atoms with Crippen LogP contribution in [0.4, 0.5) is 5.69 Å². The molecule has 0 atom stereocenters. The van der Waals surface area contributed by atoms with Crippen LogP contribution >= 0.6 is 0 Å². The number of hydrogen-bond donors (Lipinski definition) is 2. The molecule has 0 saturated carbocycles. The van der Waals surface area contributed by atoms with Crippen molar-refractivity contribution in [1.29, 1.82) is 0 Å². The summed E-state index contributed by atoms with van der Waals surface area (Å²) >= 11 is 0. The van der Waals surface area contributed by atoms with Gasteiger partial charge in [-0.3, -0.25) is 14.3 Å². The minimum Gasteiger partial charge on any atom is -0.494 e. The topological polar surface area (TPSA) is 98.4 Å². The van der Waals surface area contributed by atoms with Crippen LogP contribution in [0.3, 0.4) is 0 Å². The van der Waals surface area contributed by atoms with Crippen molar-refractivity contribution in [2.24, 2.45) is 0 Å². The van der Waals surface area contributed by atoms with E-state index < -0.39 is 5.91 Å². The lowest BCUT2D eigenvalue weighted by Gasteiger charge is -2.07. The van der Waals surface area contributed by atoms with E-state index in [0.717, 1.165) is 0 Å². The molecular formula is C20H22N4O4. The van der Waals surface area contributed by atoms with Gasteiger partial charge in [-0.1, -0.05) is 0 Å². The van der Waals surface area contributed by atoms with E-state index >= 15 is 0 Å². The van der Waals surface area contributed by atoms with Crippen LogP contribution < -0.4 is 15.4 Å². The number of carbonyl (C=O) groups excluding carboxylic acids is 2. The molecule has 2 heterocycles. The normalized spacial score (nSPS) is 10.5. The summed E-state index contributed by atoms with van der Waals surface area (Å²) in [5.74, 6) is 0.587.